The Hall–Kier alpha value is -2.56. The van der Waals surface area contributed by atoms with Gasteiger partial charge in [-0.05, 0) is 48.6 Å². The predicted molar refractivity (Wildman–Crippen MR) is 123 cm³/mol. The maximum atomic E-state index is 12.9. The molecule has 34 heavy (non-hydrogen) atoms. The first-order valence-electron chi connectivity index (χ1n) is 10.9. The molecule has 2 aromatic rings. The van der Waals surface area contributed by atoms with Crippen LogP contribution in [-0.2, 0) is 23.8 Å². The van der Waals surface area contributed by atoms with Crippen LogP contribution in [-0.4, -0.2) is 64.9 Å². The van der Waals surface area contributed by atoms with Crippen LogP contribution in [0, 0.1) is 0 Å². The second kappa shape index (κ2) is 11.7. The number of carbonyl (C=O) groups excluding carboxylic acids is 2. The first-order valence-corrected chi connectivity index (χ1v) is 11.9. The Morgan fingerprint density at radius 2 is 1.88 bits per heavy atom. The Morgan fingerprint density at radius 1 is 1.15 bits per heavy atom. The first-order chi connectivity index (χ1) is 16.2. The molecule has 10 heteroatoms. The molecule has 1 aliphatic heterocycles. The normalized spacial score (nSPS) is 15.9. The molecule has 1 unspecified atom stereocenters. The van der Waals surface area contributed by atoms with Crippen LogP contribution in [0.5, 0.6) is 0 Å². The van der Waals surface area contributed by atoms with Crippen molar-refractivity contribution in [1.29, 1.82) is 0 Å². The van der Waals surface area contributed by atoms with E-state index in [2.05, 4.69) is 0 Å². The minimum absolute atomic E-state index is 0.0789. The smallest absolute Gasteiger partial charge is 0.416 e. The molecule has 6 nitrogen and oxygen atoms in total. The van der Waals surface area contributed by atoms with E-state index in [0.29, 0.717) is 49.4 Å². The van der Waals surface area contributed by atoms with Gasteiger partial charge in [0, 0.05) is 25.4 Å². The van der Waals surface area contributed by atoms with E-state index in [0.717, 1.165) is 17.7 Å². The number of methoxy groups -OCH3 is 1. The summed E-state index contributed by atoms with van der Waals surface area (Å²) < 4.78 is 43.4. The van der Waals surface area contributed by atoms with E-state index >= 15 is 0 Å². The number of hydrazine groups is 1. The minimum Gasteiger partial charge on any atom is -0.465 e. The quantitative estimate of drug-likeness (QED) is 0.519. The van der Waals surface area contributed by atoms with Crippen LogP contribution in [0.4, 0.5) is 18.0 Å². The number of aliphatic hydroxyl groups is 1. The van der Waals surface area contributed by atoms with E-state index in [1.807, 2.05) is 17.1 Å². The second-order valence-electron chi connectivity index (χ2n) is 7.97. The SMILES string of the molecule is COC(=O)c1ccc(CCN2C(=O)SCCN2CCC(O)Cc2cccc(C(F)(F)F)c2)cc1. The number of aliphatic hydroxyl groups excluding tert-OH is 1. The van der Waals surface area contributed by atoms with Gasteiger partial charge < -0.3 is 9.84 Å². The Bertz CT molecular complexity index is 985. The molecule has 3 rings (SSSR count). The van der Waals surface area contributed by atoms with Gasteiger partial charge in [-0.25, -0.2) is 9.80 Å². The van der Waals surface area contributed by atoms with Gasteiger partial charge in [-0.1, -0.05) is 42.1 Å². The molecule has 0 saturated carbocycles. The summed E-state index contributed by atoms with van der Waals surface area (Å²) in [6.45, 7) is 1.48. The van der Waals surface area contributed by atoms with Gasteiger partial charge in [0.2, 0.25) is 0 Å². The maximum Gasteiger partial charge on any atom is 0.416 e. The molecule has 1 amide bonds. The van der Waals surface area contributed by atoms with Crippen molar-refractivity contribution in [3.63, 3.8) is 0 Å². The largest absolute Gasteiger partial charge is 0.465 e. The number of nitrogens with zero attached hydrogens (tertiary/aromatic N) is 2. The van der Waals surface area contributed by atoms with Crippen LogP contribution in [0.1, 0.15) is 33.5 Å². The molecular weight excluding hydrogens is 469 g/mol. The number of hydrogen-bond acceptors (Lipinski definition) is 6. The third-order valence-corrected chi connectivity index (χ3v) is 6.40. The van der Waals surface area contributed by atoms with Gasteiger partial charge in [0.1, 0.15) is 0 Å². The summed E-state index contributed by atoms with van der Waals surface area (Å²) in [6, 6.07) is 12.0. The zero-order chi connectivity index (χ0) is 24.7. The number of thioether (sulfide) groups is 1. The topological polar surface area (TPSA) is 70.1 Å². The van der Waals surface area contributed by atoms with Crippen LogP contribution in [0.25, 0.3) is 0 Å². The van der Waals surface area contributed by atoms with E-state index in [9.17, 15) is 27.9 Å². The van der Waals surface area contributed by atoms with Gasteiger partial charge >= 0.3 is 12.1 Å². The highest BCUT2D eigenvalue weighted by Gasteiger charge is 2.31. The zero-order valence-electron chi connectivity index (χ0n) is 18.8. The van der Waals surface area contributed by atoms with Crippen LogP contribution >= 0.6 is 11.8 Å². The summed E-state index contributed by atoms with van der Waals surface area (Å²) in [7, 11) is 1.32. The minimum atomic E-state index is -4.42. The maximum absolute atomic E-state index is 12.9. The molecule has 0 aromatic heterocycles. The van der Waals surface area contributed by atoms with Crippen molar-refractivity contribution >= 4 is 23.0 Å². The second-order valence-corrected chi connectivity index (χ2v) is 9.02. The third-order valence-electron chi connectivity index (χ3n) is 5.56. The van der Waals surface area contributed by atoms with Gasteiger partial charge in [0.05, 0.1) is 24.3 Å². The van der Waals surface area contributed by atoms with Crippen LogP contribution < -0.4 is 0 Å². The molecule has 0 spiro atoms. The summed E-state index contributed by atoms with van der Waals surface area (Å²) >= 11 is 1.23. The number of benzene rings is 2. The van der Waals surface area contributed by atoms with Gasteiger partial charge in [-0.2, -0.15) is 13.2 Å². The molecule has 184 valence electrons. The van der Waals surface area contributed by atoms with Crippen LogP contribution in [0.2, 0.25) is 0 Å². The molecule has 1 saturated heterocycles. The van der Waals surface area contributed by atoms with E-state index in [4.69, 9.17) is 4.74 Å². The molecule has 0 aliphatic carbocycles. The van der Waals surface area contributed by atoms with Gasteiger partial charge in [-0.15, -0.1) is 0 Å². The van der Waals surface area contributed by atoms with Crippen molar-refractivity contribution in [2.75, 3.05) is 32.5 Å². The number of rotatable bonds is 9. The number of ether oxygens (including phenoxy) is 1. The zero-order valence-corrected chi connectivity index (χ0v) is 19.6. The number of esters is 1. The van der Waals surface area contributed by atoms with Gasteiger partial charge in [0.15, 0.2) is 0 Å². The lowest BCUT2D eigenvalue weighted by atomic mass is 10.0. The van der Waals surface area contributed by atoms with Crippen molar-refractivity contribution in [2.45, 2.75) is 31.5 Å². The summed E-state index contributed by atoms with van der Waals surface area (Å²) in [5.74, 6) is 0.219. The lowest BCUT2D eigenvalue weighted by Gasteiger charge is -2.38. The van der Waals surface area contributed by atoms with Crippen molar-refractivity contribution in [3.8, 4) is 0 Å². The summed E-state index contributed by atoms with van der Waals surface area (Å²) in [4.78, 5) is 24.1. The number of hydrogen-bond donors (Lipinski definition) is 1. The predicted octanol–water partition coefficient (Wildman–Crippen LogP) is 4.41. The fourth-order valence-corrected chi connectivity index (χ4v) is 4.55. The highest BCUT2D eigenvalue weighted by molar-refractivity contribution is 8.13. The molecule has 0 radical (unpaired) electrons. The van der Waals surface area contributed by atoms with Crippen LogP contribution in [0.15, 0.2) is 48.5 Å². The molecule has 1 N–H and O–H groups in total. The van der Waals surface area contributed by atoms with Crippen LogP contribution in [0.3, 0.4) is 0 Å². The fourth-order valence-electron chi connectivity index (χ4n) is 3.72. The van der Waals surface area contributed by atoms with Gasteiger partial charge in [0.25, 0.3) is 5.24 Å². The van der Waals surface area contributed by atoms with E-state index in [1.165, 1.54) is 24.9 Å². The Balaban J connectivity index is 1.54. The molecule has 1 aliphatic rings. The highest BCUT2D eigenvalue weighted by Crippen LogP contribution is 2.30. The number of alkyl halides is 3. The average molecular weight is 497 g/mol. The molecular formula is C24H27F3N2O4S. The summed E-state index contributed by atoms with van der Waals surface area (Å²) in [6.07, 6.45) is -4.25. The fraction of sp³-hybridized carbons (Fsp3) is 0.417. The lowest BCUT2D eigenvalue weighted by Crippen LogP contribution is -2.51. The van der Waals surface area contributed by atoms with Crippen molar-refractivity contribution in [2.24, 2.45) is 0 Å². The van der Waals surface area contributed by atoms with E-state index in [-0.39, 0.29) is 11.7 Å². The molecule has 1 heterocycles. The van der Waals surface area contributed by atoms with E-state index in [1.54, 1.807) is 23.2 Å². The monoisotopic (exact) mass is 496 g/mol. The first kappa shape index (κ1) is 26.1. The number of amides is 1. The standard InChI is InChI=1S/C24H27F3N2O4S/c1-33-22(31)19-7-5-17(6-8-19)9-12-29-23(32)34-14-13-28(29)11-10-21(30)16-18-3-2-4-20(15-18)24(25,26)27/h2-8,15,21,30H,9-14,16H2,1H3. The molecule has 1 fully saturated rings. The van der Waals surface area contributed by atoms with Crippen molar-refractivity contribution in [1.82, 2.24) is 10.0 Å². The Kier molecular flexibility index (Phi) is 8.98. The molecule has 2 aromatic carbocycles. The molecule has 0 bridgehead atoms. The highest BCUT2D eigenvalue weighted by atomic mass is 32.2. The lowest BCUT2D eigenvalue weighted by molar-refractivity contribution is -0.137. The number of carbonyl (C=O) groups is 2. The Morgan fingerprint density at radius 3 is 2.56 bits per heavy atom. The van der Waals surface area contributed by atoms with Crippen molar-refractivity contribution in [3.05, 3.63) is 70.8 Å². The molecule has 1 atom stereocenters. The summed E-state index contributed by atoms with van der Waals surface area (Å²) in [5, 5.41) is 13.9. The third kappa shape index (κ3) is 7.22. The average Bonchev–Trinajstić information content (AvgIpc) is 2.81. The van der Waals surface area contributed by atoms with Gasteiger partial charge in [-0.3, -0.25) is 9.80 Å². The van der Waals surface area contributed by atoms with E-state index < -0.39 is 23.8 Å². The van der Waals surface area contributed by atoms with Crippen molar-refractivity contribution < 1.29 is 32.6 Å². The number of halogens is 3. The summed E-state index contributed by atoms with van der Waals surface area (Å²) in [5.41, 5.74) is 1.09. The Labute approximate surface area is 200 Å².